The minimum atomic E-state index is 0.102. The second kappa shape index (κ2) is 6.74. The maximum atomic E-state index is 4.52. The van der Waals surface area contributed by atoms with Gasteiger partial charge >= 0.3 is 0 Å². The van der Waals surface area contributed by atoms with Crippen molar-refractivity contribution in [1.29, 1.82) is 0 Å². The van der Waals surface area contributed by atoms with Gasteiger partial charge in [-0.2, -0.15) is 0 Å². The van der Waals surface area contributed by atoms with Gasteiger partial charge in [0.15, 0.2) is 0 Å². The van der Waals surface area contributed by atoms with E-state index in [0.717, 1.165) is 16.0 Å². The number of benzene rings is 1. The first-order chi connectivity index (χ1) is 9.46. The van der Waals surface area contributed by atoms with Crippen molar-refractivity contribution >= 4 is 27.7 Å². The van der Waals surface area contributed by atoms with Crippen molar-refractivity contribution in [3.63, 3.8) is 0 Å². The minimum absolute atomic E-state index is 0.102. The molecule has 0 aliphatic carbocycles. The molecule has 0 radical (unpaired) electrons. The predicted molar refractivity (Wildman–Crippen MR) is 89.1 cm³/mol. The third kappa shape index (κ3) is 4.62. The number of rotatable bonds is 4. The monoisotopic (exact) mass is 350 g/mol. The van der Waals surface area contributed by atoms with Crippen LogP contribution in [0.3, 0.4) is 0 Å². The van der Waals surface area contributed by atoms with Crippen LogP contribution in [-0.4, -0.2) is 10.5 Å². The number of nitrogens with one attached hydrogen (secondary N) is 1. The lowest BCUT2D eigenvalue weighted by Gasteiger charge is -2.21. The smallest absolute Gasteiger partial charge is 0.105 e. The maximum absolute atomic E-state index is 4.52. The molecule has 1 heterocycles. The predicted octanol–water partition coefficient (Wildman–Crippen LogP) is 4.88. The molecule has 0 fully saturated rings. The highest BCUT2D eigenvalue weighted by molar-refractivity contribution is 9.10. The topological polar surface area (TPSA) is 24.9 Å². The number of aromatic nitrogens is 1. The van der Waals surface area contributed by atoms with Gasteiger partial charge in [0.2, 0.25) is 0 Å². The molecule has 0 unspecified atom stereocenters. The van der Waals surface area contributed by atoms with Crippen molar-refractivity contribution in [2.75, 3.05) is 0 Å². The fourth-order valence-electron chi connectivity index (χ4n) is 1.64. The Morgan fingerprint density at radius 2 is 1.90 bits per heavy atom. The van der Waals surface area contributed by atoms with Gasteiger partial charge in [-0.25, -0.2) is 4.98 Å². The molecular formula is C16H19BrN2S. The molecular weight excluding hydrogens is 332 g/mol. The Kier molecular flexibility index (Phi) is 5.24. The zero-order valence-electron chi connectivity index (χ0n) is 12.0. The third-order valence-electron chi connectivity index (χ3n) is 2.70. The van der Waals surface area contributed by atoms with E-state index in [0.29, 0.717) is 0 Å². The zero-order valence-corrected chi connectivity index (χ0v) is 14.4. The van der Waals surface area contributed by atoms with Gasteiger partial charge in [-0.15, -0.1) is 0 Å². The number of halogens is 1. The molecule has 1 aromatic heterocycles. The summed E-state index contributed by atoms with van der Waals surface area (Å²) in [4.78, 5) is 5.70. The van der Waals surface area contributed by atoms with Gasteiger partial charge in [0.05, 0.1) is 0 Å². The van der Waals surface area contributed by atoms with Crippen molar-refractivity contribution in [3.05, 3.63) is 52.6 Å². The van der Waals surface area contributed by atoms with Crippen molar-refractivity contribution in [3.8, 4) is 0 Å². The maximum Gasteiger partial charge on any atom is 0.105 e. The second-order valence-corrected chi connectivity index (χ2v) is 7.49. The van der Waals surface area contributed by atoms with Crippen LogP contribution in [-0.2, 0) is 6.54 Å². The molecule has 1 N–H and O–H groups in total. The van der Waals surface area contributed by atoms with Crippen LogP contribution < -0.4 is 5.32 Å². The molecule has 1 aromatic carbocycles. The fraction of sp³-hybridized carbons (Fsp3) is 0.312. The minimum Gasteiger partial charge on any atom is -0.308 e. The van der Waals surface area contributed by atoms with Crippen LogP contribution in [0.25, 0.3) is 0 Å². The van der Waals surface area contributed by atoms with Gasteiger partial charge in [-0.1, -0.05) is 30.0 Å². The Bertz CT molecular complexity index is 579. The normalized spacial score (nSPS) is 11.6. The summed E-state index contributed by atoms with van der Waals surface area (Å²) in [6.07, 6.45) is 1.85. The van der Waals surface area contributed by atoms with Crippen molar-refractivity contribution in [2.45, 2.75) is 42.8 Å². The lowest BCUT2D eigenvalue weighted by atomic mass is 10.1. The molecule has 106 valence electrons. The van der Waals surface area contributed by atoms with E-state index < -0.39 is 0 Å². The van der Waals surface area contributed by atoms with Gasteiger partial charge in [0.25, 0.3) is 0 Å². The highest BCUT2D eigenvalue weighted by Gasteiger charge is 2.12. The van der Waals surface area contributed by atoms with Crippen molar-refractivity contribution < 1.29 is 0 Å². The van der Waals surface area contributed by atoms with Crippen LogP contribution in [0.2, 0.25) is 0 Å². The molecule has 0 atom stereocenters. The molecule has 2 nitrogen and oxygen atoms in total. The summed E-state index contributed by atoms with van der Waals surface area (Å²) in [5.41, 5.74) is 1.33. The summed E-state index contributed by atoms with van der Waals surface area (Å²) in [5, 5.41) is 4.57. The van der Waals surface area contributed by atoms with Gasteiger partial charge in [0.1, 0.15) is 5.03 Å². The lowest BCUT2D eigenvalue weighted by molar-refractivity contribution is 0.422. The number of hydrogen-bond acceptors (Lipinski definition) is 3. The highest BCUT2D eigenvalue weighted by Crippen LogP contribution is 2.33. The third-order valence-corrected chi connectivity index (χ3v) is 4.79. The van der Waals surface area contributed by atoms with E-state index in [1.54, 1.807) is 11.8 Å². The Balaban J connectivity index is 2.18. The van der Waals surface area contributed by atoms with Crippen molar-refractivity contribution in [2.24, 2.45) is 0 Å². The van der Waals surface area contributed by atoms with Crippen LogP contribution in [0.5, 0.6) is 0 Å². The average Bonchev–Trinajstić information content (AvgIpc) is 2.39. The average molecular weight is 351 g/mol. The van der Waals surface area contributed by atoms with Crippen LogP contribution in [0.15, 0.2) is 57.0 Å². The van der Waals surface area contributed by atoms with E-state index in [4.69, 9.17) is 0 Å². The molecule has 0 aliphatic rings. The summed E-state index contributed by atoms with van der Waals surface area (Å²) in [5.74, 6) is 0. The molecule has 4 heteroatoms. The number of hydrogen-bond donors (Lipinski definition) is 1. The summed E-state index contributed by atoms with van der Waals surface area (Å²) < 4.78 is 1.10. The first kappa shape index (κ1) is 15.5. The van der Waals surface area contributed by atoms with Crippen molar-refractivity contribution in [1.82, 2.24) is 10.3 Å². The Morgan fingerprint density at radius 3 is 2.60 bits per heavy atom. The summed E-state index contributed by atoms with van der Waals surface area (Å²) >= 11 is 5.28. The van der Waals surface area contributed by atoms with E-state index in [-0.39, 0.29) is 5.54 Å². The molecule has 0 aliphatic heterocycles. The first-order valence-electron chi connectivity index (χ1n) is 6.57. The quantitative estimate of drug-likeness (QED) is 0.850. The van der Waals surface area contributed by atoms with E-state index in [9.17, 15) is 0 Å². The van der Waals surface area contributed by atoms with Gasteiger partial charge in [-0.3, -0.25) is 0 Å². The van der Waals surface area contributed by atoms with E-state index >= 15 is 0 Å². The standard InChI is InChI=1S/C16H19BrN2S/c1-16(2,3)19-11-12-7-6-10-18-15(12)20-14-9-5-4-8-13(14)17/h4-10,19H,11H2,1-3H3. The number of nitrogens with zero attached hydrogens (tertiary/aromatic N) is 1. The van der Waals surface area contributed by atoms with Crippen LogP contribution >= 0.6 is 27.7 Å². The van der Waals surface area contributed by atoms with E-state index in [1.807, 2.05) is 24.4 Å². The second-order valence-electron chi connectivity index (χ2n) is 5.60. The molecule has 0 saturated carbocycles. The SMILES string of the molecule is CC(C)(C)NCc1cccnc1Sc1ccccc1Br. The zero-order chi connectivity index (χ0) is 14.6. The fourth-order valence-corrected chi connectivity index (χ4v) is 3.08. The molecule has 0 amide bonds. The Labute approximate surface area is 133 Å². The Hall–Kier alpha value is -0.840. The molecule has 20 heavy (non-hydrogen) atoms. The summed E-state index contributed by atoms with van der Waals surface area (Å²) in [6.45, 7) is 7.34. The van der Waals surface area contributed by atoms with E-state index in [2.05, 4.69) is 65.2 Å². The molecule has 0 saturated heterocycles. The largest absolute Gasteiger partial charge is 0.308 e. The van der Waals surface area contributed by atoms with Gasteiger partial charge in [-0.05, 0) is 60.5 Å². The van der Waals surface area contributed by atoms with Gasteiger partial charge in [0, 0.05) is 27.6 Å². The molecule has 2 aromatic rings. The summed E-state index contributed by atoms with van der Waals surface area (Å²) in [7, 11) is 0. The van der Waals surface area contributed by atoms with Gasteiger partial charge < -0.3 is 5.32 Å². The Morgan fingerprint density at radius 1 is 1.15 bits per heavy atom. The summed E-state index contributed by atoms with van der Waals surface area (Å²) in [6, 6.07) is 12.3. The highest BCUT2D eigenvalue weighted by atomic mass is 79.9. The number of pyridine rings is 1. The lowest BCUT2D eigenvalue weighted by Crippen LogP contribution is -2.35. The van der Waals surface area contributed by atoms with Crippen LogP contribution in [0, 0.1) is 0 Å². The van der Waals surface area contributed by atoms with E-state index in [1.165, 1.54) is 10.5 Å². The molecule has 0 bridgehead atoms. The first-order valence-corrected chi connectivity index (χ1v) is 8.18. The molecule has 0 spiro atoms. The van der Waals surface area contributed by atoms with Crippen LogP contribution in [0.4, 0.5) is 0 Å². The van der Waals surface area contributed by atoms with Crippen LogP contribution in [0.1, 0.15) is 26.3 Å². The molecule has 2 rings (SSSR count).